The van der Waals surface area contributed by atoms with E-state index in [0.717, 1.165) is 44.3 Å². The van der Waals surface area contributed by atoms with Gasteiger partial charge in [-0.05, 0) is 49.7 Å². The molecule has 3 rings (SSSR count). The largest absolute Gasteiger partial charge is 0.497 e. The molecule has 1 saturated heterocycles. The van der Waals surface area contributed by atoms with Crippen LogP contribution < -0.4 is 14.8 Å². The Kier molecular flexibility index (Phi) is 6.91. The summed E-state index contributed by atoms with van der Waals surface area (Å²) < 4.78 is 31.3. The van der Waals surface area contributed by atoms with Crippen molar-refractivity contribution in [3.05, 3.63) is 58.1 Å². The second-order valence-electron chi connectivity index (χ2n) is 7.19. The first-order chi connectivity index (χ1) is 14.3. The molecule has 1 aliphatic heterocycles. The van der Waals surface area contributed by atoms with E-state index in [4.69, 9.17) is 4.74 Å². The summed E-state index contributed by atoms with van der Waals surface area (Å²) in [5, 5.41) is 14.7. The van der Waals surface area contributed by atoms with Crippen molar-refractivity contribution in [3.63, 3.8) is 0 Å². The average molecular weight is 435 g/mol. The Hall–Kier alpha value is -2.69. The van der Waals surface area contributed by atoms with Crippen LogP contribution in [0.15, 0.2) is 47.4 Å². The number of nitrogens with one attached hydrogen (secondary N) is 2. The van der Waals surface area contributed by atoms with Crippen molar-refractivity contribution in [3.8, 4) is 5.75 Å². The first-order valence-corrected chi connectivity index (χ1v) is 11.1. The quantitative estimate of drug-likeness (QED) is 0.485. The lowest BCUT2D eigenvalue weighted by Crippen LogP contribution is -2.38. The predicted molar refractivity (Wildman–Crippen MR) is 114 cm³/mol. The van der Waals surface area contributed by atoms with Gasteiger partial charge in [0, 0.05) is 31.7 Å². The SMILES string of the molecule is CNS(=O)(=O)c1ccc(NC2CCN(Cc3cccc(OC)c3)CC2)c([N+](=O)[O-])c1. The molecule has 1 fully saturated rings. The maximum atomic E-state index is 11.9. The van der Waals surface area contributed by atoms with Crippen LogP contribution in [0.1, 0.15) is 18.4 Å². The van der Waals surface area contributed by atoms with E-state index >= 15 is 0 Å². The van der Waals surface area contributed by atoms with Crippen molar-refractivity contribution < 1.29 is 18.1 Å². The van der Waals surface area contributed by atoms with E-state index in [-0.39, 0.29) is 16.6 Å². The molecule has 1 heterocycles. The van der Waals surface area contributed by atoms with Crippen molar-refractivity contribution >= 4 is 21.4 Å². The summed E-state index contributed by atoms with van der Waals surface area (Å²) in [6.45, 7) is 2.53. The number of nitrogens with zero attached hydrogens (tertiary/aromatic N) is 2. The molecular weight excluding hydrogens is 408 g/mol. The fourth-order valence-corrected chi connectivity index (χ4v) is 4.30. The summed E-state index contributed by atoms with van der Waals surface area (Å²) in [6.07, 6.45) is 1.66. The molecule has 0 radical (unpaired) electrons. The molecule has 0 aromatic heterocycles. The number of sulfonamides is 1. The van der Waals surface area contributed by atoms with Crippen molar-refractivity contribution in [2.24, 2.45) is 0 Å². The Bertz CT molecular complexity index is 1000. The second-order valence-corrected chi connectivity index (χ2v) is 9.08. The van der Waals surface area contributed by atoms with Gasteiger partial charge >= 0.3 is 0 Å². The van der Waals surface area contributed by atoms with Crippen LogP contribution in [0.25, 0.3) is 0 Å². The van der Waals surface area contributed by atoms with Crippen LogP contribution in [0.5, 0.6) is 5.75 Å². The minimum atomic E-state index is -3.74. The van der Waals surface area contributed by atoms with Crippen LogP contribution in [0.4, 0.5) is 11.4 Å². The van der Waals surface area contributed by atoms with E-state index < -0.39 is 14.9 Å². The Morgan fingerprint density at radius 1 is 1.20 bits per heavy atom. The standard InChI is InChI=1S/C20H26N4O5S/c1-21-30(27,28)18-6-7-19(20(13-18)24(25)26)22-16-8-10-23(11-9-16)14-15-4-3-5-17(12-15)29-2/h3-7,12-13,16,21-22H,8-11,14H2,1-2H3. The van der Waals surface area contributed by atoms with Gasteiger partial charge in [0.25, 0.3) is 5.69 Å². The zero-order valence-electron chi connectivity index (χ0n) is 17.0. The first-order valence-electron chi connectivity index (χ1n) is 9.66. The second kappa shape index (κ2) is 9.41. The topological polar surface area (TPSA) is 114 Å². The van der Waals surface area contributed by atoms with E-state index in [1.165, 1.54) is 24.7 Å². The first kappa shape index (κ1) is 22.0. The smallest absolute Gasteiger partial charge is 0.293 e. The molecule has 0 atom stereocenters. The van der Waals surface area contributed by atoms with E-state index in [9.17, 15) is 18.5 Å². The number of ether oxygens (including phenoxy) is 1. The van der Waals surface area contributed by atoms with Crippen LogP contribution in [0.3, 0.4) is 0 Å². The number of likely N-dealkylation sites (tertiary alicyclic amines) is 1. The molecule has 162 valence electrons. The monoisotopic (exact) mass is 434 g/mol. The Morgan fingerprint density at radius 3 is 2.57 bits per heavy atom. The normalized spacial score (nSPS) is 15.7. The average Bonchev–Trinajstić information content (AvgIpc) is 2.75. The van der Waals surface area contributed by atoms with Gasteiger partial charge in [0.15, 0.2) is 0 Å². The van der Waals surface area contributed by atoms with E-state index in [0.29, 0.717) is 5.69 Å². The molecule has 0 unspecified atom stereocenters. The van der Waals surface area contributed by atoms with Crippen molar-refractivity contribution in [2.75, 3.05) is 32.6 Å². The highest BCUT2D eigenvalue weighted by Crippen LogP contribution is 2.29. The van der Waals surface area contributed by atoms with Gasteiger partial charge in [-0.25, -0.2) is 13.1 Å². The van der Waals surface area contributed by atoms with Crippen LogP contribution in [0, 0.1) is 10.1 Å². The van der Waals surface area contributed by atoms with Gasteiger partial charge in [-0.3, -0.25) is 15.0 Å². The Morgan fingerprint density at radius 2 is 1.93 bits per heavy atom. The number of rotatable bonds is 8. The predicted octanol–water partition coefficient (Wildman–Crippen LogP) is 2.59. The minimum absolute atomic E-state index is 0.0806. The van der Waals surface area contributed by atoms with Crippen molar-refractivity contribution in [1.29, 1.82) is 0 Å². The lowest BCUT2D eigenvalue weighted by Gasteiger charge is -2.32. The number of piperidine rings is 1. The van der Waals surface area contributed by atoms with Crippen LogP contribution in [-0.2, 0) is 16.6 Å². The van der Waals surface area contributed by atoms with E-state index in [2.05, 4.69) is 21.0 Å². The molecule has 2 N–H and O–H groups in total. The van der Waals surface area contributed by atoms with E-state index in [1.807, 2.05) is 18.2 Å². The summed E-state index contributed by atoms with van der Waals surface area (Å²) in [5.74, 6) is 0.833. The third-order valence-corrected chi connectivity index (χ3v) is 6.64. The van der Waals surface area contributed by atoms with Gasteiger partial charge in [-0.2, -0.15) is 0 Å². The Labute approximate surface area is 176 Å². The van der Waals surface area contributed by atoms with Crippen molar-refractivity contribution in [1.82, 2.24) is 9.62 Å². The van der Waals surface area contributed by atoms with Gasteiger partial charge in [-0.15, -0.1) is 0 Å². The molecule has 9 nitrogen and oxygen atoms in total. The number of methoxy groups -OCH3 is 1. The molecule has 2 aromatic rings. The molecule has 0 bridgehead atoms. The molecule has 30 heavy (non-hydrogen) atoms. The molecule has 0 spiro atoms. The zero-order chi connectivity index (χ0) is 21.7. The highest BCUT2D eigenvalue weighted by Gasteiger charge is 2.24. The summed E-state index contributed by atoms with van der Waals surface area (Å²) in [4.78, 5) is 13.1. The van der Waals surface area contributed by atoms with Gasteiger partial charge in [-0.1, -0.05) is 12.1 Å². The molecule has 10 heteroatoms. The van der Waals surface area contributed by atoms with Gasteiger partial charge in [0.1, 0.15) is 11.4 Å². The number of anilines is 1. The maximum absolute atomic E-state index is 11.9. The Balaban J connectivity index is 1.63. The fourth-order valence-electron chi connectivity index (χ4n) is 3.55. The summed E-state index contributed by atoms with van der Waals surface area (Å²) in [7, 11) is -0.825. The summed E-state index contributed by atoms with van der Waals surface area (Å²) in [5.41, 5.74) is 1.27. The third kappa shape index (κ3) is 5.26. The highest BCUT2D eigenvalue weighted by atomic mass is 32.2. The van der Waals surface area contributed by atoms with Gasteiger partial charge in [0.2, 0.25) is 10.0 Å². The molecule has 0 saturated carbocycles. The van der Waals surface area contributed by atoms with E-state index in [1.54, 1.807) is 7.11 Å². The van der Waals surface area contributed by atoms with Crippen LogP contribution in [-0.4, -0.2) is 51.5 Å². The fraction of sp³-hybridized carbons (Fsp3) is 0.400. The van der Waals surface area contributed by atoms with Gasteiger partial charge in [0.05, 0.1) is 16.9 Å². The lowest BCUT2D eigenvalue weighted by molar-refractivity contribution is -0.384. The number of hydrogen-bond acceptors (Lipinski definition) is 7. The lowest BCUT2D eigenvalue weighted by atomic mass is 10.0. The minimum Gasteiger partial charge on any atom is -0.497 e. The zero-order valence-corrected chi connectivity index (χ0v) is 17.8. The van der Waals surface area contributed by atoms with Crippen LogP contribution >= 0.6 is 0 Å². The third-order valence-electron chi connectivity index (χ3n) is 5.23. The maximum Gasteiger partial charge on any atom is 0.293 e. The molecular formula is C20H26N4O5S. The van der Waals surface area contributed by atoms with Gasteiger partial charge < -0.3 is 10.1 Å². The number of benzene rings is 2. The van der Waals surface area contributed by atoms with Crippen molar-refractivity contribution in [2.45, 2.75) is 30.3 Å². The molecule has 0 aliphatic carbocycles. The molecule has 1 aliphatic rings. The highest BCUT2D eigenvalue weighted by molar-refractivity contribution is 7.89. The van der Waals surface area contributed by atoms with Crippen LogP contribution in [0.2, 0.25) is 0 Å². The summed E-state index contributed by atoms with van der Waals surface area (Å²) in [6, 6.07) is 12.0. The number of nitro groups is 1. The molecule has 0 amide bonds. The number of nitro benzene ring substituents is 1. The summed E-state index contributed by atoms with van der Waals surface area (Å²) >= 11 is 0. The molecule has 2 aromatic carbocycles. The number of hydrogen-bond donors (Lipinski definition) is 2.